The van der Waals surface area contributed by atoms with E-state index in [4.69, 9.17) is 0 Å². The molecule has 0 aliphatic heterocycles. The Morgan fingerprint density at radius 1 is 1.46 bits per heavy atom. The molecule has 0 saturated heterocycles. The molecule has 0 fully saturated rings. The summed E-state index contributed by atoms with van der Waals surface area (Å²) in [5.74, 6) is -0.384. The highest BCUT2D eigenvalue weighted by molar-refractivity contribution is 6.15. The van der Waals surface area contributed by atoms with Gasteiger partial charge in [-0.1, -0.05) is 36.4 Å². The Balaban J connectivity index is 2.95. The fourth-order valence-corrected chi connectivity index (χ4v) is 1.07. The van der Waals surface area contributed by atoms with E-state index < -0.39 is 0 Å². The van der Waals surface area contributed by atoms with Crippen LogP contribution in [0.1, 0.15) is 11.1 Å². The van der Waals surface area contributed by atoms with Crippen molar-refractivity contribution in [2.24, 2.45) is 0 Å². The van der Waals surface area contributed by atoms with Crippen molar-refractivity contribution >= 4 is 11.5 Å². The minimum Gasteiger partial charge on any atom is -0.465 e. The third-order valence-electron chi connectivity index (χ3n) is 1.80. The molecule has 0 radical (unpaired) electrons. The highest BCUT2D eigenvalue weighted by atomic mass is 16.5. The number of carbonyl (C=O) groups is 1. The van der Waals surface area contributed by atoms with Gasteiger partial charge >= 0.3 is 5.97 Å². The van der Waals surface area contributed by atoms with Crippen molar-refractivity contribution in [3.05, 3.63) is 42.0 Å². The fourth-order valence-electron chi connectivity index (χ4n) is 1.07. The number of esters is 1. The largest absolute Gasteiger partial charge is 0.465 e. The number of hydrogen-bond donors (Lipinski definition) is 0. The zero-order valence-corrected chi connectivity index (χ0v) is 7.83. The lowest BCUT2D eigenvalue weighted by Crippen LogP contribution is -2.02. The monoisotopic (exact) mass is 176 g/mol. The summed E-state index contributed by atoms with van der Waals surface area (Å²) < 4.78 is 4.57. The van der Waals surface area contributed by atoms with Crippen LogP contribution in [0.15, 0.2) is 30.8 Å². The van der Waals surface area contributed by atoms with Crippen molar-refractivity contribution in [2.45, 2.75) is 6.92 Å². The lowest BCUT2D eigenvalue weighted by Gasteiger charge is -2.03. The van der Waals surface area contributed by atoms with Gasteiger partial charge < -0.3 is 4.74 Å². The number of rotatable bonds is 2. The second-order valence-electron chi connectivity index (χ2n) is 2.84. The van der Waals surface area contributed by atoms with Crippen molar-refractivity contribution < 1.29 is 9.53 Å². The predicted octanol–water partition coefficient (Wildman–Crippen LogP) is 2.18. The number of benzene rings is 1. The van der Waals surface area contributed by atoms with Gasteiger partial charge in [0.2, 0.25) is 0 Å². The van der Waals surface area contributed by atoms with E-state index in [0.717, 1.165) is 11.1 Å². The van der Waals surface area contributed by atoms with E-state index in [2.05, 4.69) is 11.3 Å². The van der Waals surface area contributed by atoms with E-state index in [9.17, 15) is 4.79 Å². The van der Waals surface area contributed by atoms with Crippen LogP contribution in [-0.4, -0.2) is 13.1 Å². The summed E-state index contributed by atoms with van der Waals surface area (Å²) in [6, 6.07) is 7.60. The number of aryl methyl sites for hydroxylation is 1. The molecule has 0 saturated carbocycles. The maximum Gasteiger partial charge on any atom is 0.337 e. The average molecular weight is 176 g/mol. The molecule has 0 N–H and O–H groups in total. The predicted molar refractivity (Wildman–Crippen MR) is 52.2 cm³/mol. The zero-order chi connectivity index (χ0) is 9.84. The second kappa shape index (κ2) is 3.90. The summed E-state index contributed by atoms with van der Waals surface area (Å²) >= 11 is 0. The molecule has 1 aromatic rings. The van der Waals surface area contributed by atoms with E-state index >= 15 is 0 Å². The summed E-state index contributed by atoms with van der Waals surface area (Å²) in [5.41, 5.74) is 2.31. The van der Waals surface area contributed by atoms with E-state index in [-0.39, 0.29) is 5.97 Å². The van der Waals surface area contributed by atoms with Crippen LogP contribution in [0.3, 0.4) is 0 Å². The summed E-state index contributed by atoms with van der Waals surface area (Å²) in [5, 5.41) is 0. The van der Waals surface area contributed by atoms with E-state index in [1.165, 1.54) is 7.11 Å². The van der Waals surface area contributed by atoms with Gasteiger partial charge in [-0.2, -0.15) is 0 Å². The van der Waals surface area contributed by atoms with Crippen molar-refractivity contribution in [2.75, 3.05) is 7.11 Å². The Morgan fingerprint density at radius 3 is 2.69 bits per heavy atom. The van der Waals surface area contributed by atoms with Crippen LogP contribution in [0.25, 0.3) is 5.57 Å². The normalized spacial score (nSPS) is 9.38. The van der Waals surface area contributed by atoms with Crippen LogP contribution in [0.4, 0.5) is 0 Å². The van der Waals surface area contributed by atoms with Gasteiger partial charge in [0.1, 0.15) is 0 Å². The third kappa shape index (κ3) is 2.18. The Morgan fingerprint density at radius 2 is 2.15 bits per heavy atom. The molecular formula is C11H12O2. The fraction of sp³-hybridized carbons (Fsp3) is 0.182. The van der Waals surface area contributed by atoms with Gasteiger partial charge in [0.25, 0.3) is 0 Å². The molecule has 2 heteroatoms. The van der Waals surface area contributed by atoms with Crippen LogP contribution in [0.2, 0.25) is 0 Å². The lowest BCUT2D eigenvalue weighted by atomic mass is 10.1. The molecule has 13 heavy (non-hydrogen) atoms. The Hall–Kier alpha value is -1.57. The molecule has 0 aliphatic rings. The smallest absolute Gasteiger partial charge is 0.337 e. The molecule has 0 aliphatic carbocycles. The van der Waals surface area contributed by atoms with Crippen LogP contribution in [0.5, 0.6) is 0 Å². The van der Waals surface area contributed by atoms with E-state index in [0.29, 0.717) is 5.57 Å². The summed E-state index contributed by atoms with van der Waals surface area (Å²) in [7, 11) is 1.35. The Labute approximate surface area is 77.8 Å². The first kappa shape index (κ1) is 9.52. The minimum absolute atomic E-state index is 0.384. The topological polar surface area (TPSA) is 26.3 Å². The molecule has 0 amide bonds. The second-order valence-corrected chi connectivity index (χ2v) is 2.84. The SMILES string of the molecule is C=C(C(=O)OC)c1cccc(C)c1. The maximum absolute atomic E-state index is 11.1. The molecule has 1 aromatic carbocycles. The number of methoxy groups -OCH3 is 1. The molecule has 0 aromatic heterocycles. The van der Waals surface area contributed by atoms with Gasteiger partial charge in [0.15, 0.2) is 0 Å². The van der Waals surface area contributed by atoms with Crippen molar-refractivity contribution in [1.82, 2.24) is 0 Å². The van der Waals surface area contributed by atoms with Gasteiger partial charge in [0, 0.05) is 0 Å². The van der Waals surface area contributed by atoms with Crippen LogP contribution >= 0.6 is 0 Å². The average Bonchev–Trinajstić information content (AvgIpc) is 2.15. The first-order valence-electron chi connectivity index (χ1n) is 3.99. The van der Waals surface area contributed by atoms with Gasteiger partial charge in [-0.15, -0.1) is 0 Å². The van der Waals surface area contributed by atoms with E-state index in [1.807, 2.05) is 31.2 Å². The molecular weight excluding hydrogens is 164 g/mol. The van der Waals surface area contributed by atoms with Gasteiger partial charge in [0.05, 0.1) is 12.7 Å². The molecule has 0 spiro atoms. The first-order valence-corrected chi connectivity index (χ1v) is 3.99. The Kier molecular flexibility index (Phi) is 2.85. The van der Waals surface area contributed by atoms with Crippen molar-refractivity contribution in [3.8, 4) is 0 Å². The number of hydrogen-bond acceptors (Lipinski definition) is 2. The molecule has 0 unspecified atom stereocenters. The zero-order valence-electron chi connectivity index (χ0n) is 7.83. The molecule has 68 valence electrons. The maximum atomic E-state index is 11.1. The molecule has 0 atom stereocenters. The first-order chi connectivity index (χ1) is 6.15. The van der Waals surface area contributed by atoms with Crippen LogP contribution < -0.4 is 0 Å². The minimum atomic E-state index is -0.384. The highest BCUT2D eigenvalue weighted by Gasteiger charge is 2.08. The van der Waals surface area contributed by atoms with Crippen LogP contribution in [-0.2, 0) is 9.53 Å². The van der Waals surface area contributed by atoms with Gasteiger partial charge in [-0.25, -0.2) is 4.79 Å². The van der Waals surface area contributed by atoms with Crippen LogP contribution in [0, 0.1) is 6.92 Å². The lowest BCUT2D eigenvalue weighted by molar-refractivity contribution is -0.133. The standard InChI is InChI=1S/C11H12O2/c1-8-5-4-6-10(7-8)9(2)11(12)13-3/h4-7H,2H2,1,3H3. The summed E-state index contributed by atoms with van der Waals surface area (Å²) in [6.45, 7) is 5.63. The van der Waals surface area contributed by atoms with Gasteiger partial charge in [-0.05, 0) is 12.5 Å². The quantitative estimate of drug-likeness (QED) is 0.510. The highest BCUT2D eigenvalue weighted by Crippen LogP contribution is 2.14. The Bertz CT molecular complexity index is 340. The summed E-state index contributed by atoms with van der Waals surface area (Å²) in [6.07, 6.45) is 0. The van der Waals surface area contributed by atoms with E-state index in [1.54, 1.807) is 0 Å². The van der Waals surface area contributed by atoms with Gasteiger partial charge in [-0.3, -0.25) is 0 Å². The third-order valence-corrected chi connectivity index (χ3v) is 1.80. The molecule has 2 nitrogen and oxygen atoms in total. The number of carbonyl (C=O) groups excluding carboxylic acids is 1. The van der Waals surface area contributed by atoms with Crippen molar-refractivity contribution in [3.63, 3.8) is 0 Å². The number of ether oxygens (including phenoxy) is 1. The molecule has 0 heterocycles. The summed E-state index contributed by atoms with van der Waals surface area (Å²) in [4.78, 5) is 11.1. The molecule has 1 rings (SSSR count). The molecule has 0 bridgehead atoms. The van der Waals surface area contributed by atoms with Crippen molar-refractivity contribution in [1.29, 1.82) is 0 Å².